The van der Waals surface area contributed by atoms with Gasteiger partial charge in [0.15, 0.2) is 17.4 Å². The fourth-order valence-corrected chi connectivity index (χ4v) is 3.99. The number of Topliss-reactive ketones (excluding diaryl/α,β-unsaturated/α-hetero) is 1. The molecule has 0 bridgehead atoms. The van der Waals surface area contributed by atoms with Gasteiger partial charge in [-0.25, -0.2) is 17.9 Å². The molecule has 0 unspecified atom stereocenters. The molecule has 31 heavy (non-hydrogen) atoms. The number of carbonyl (C=O) groups excluding carboxylic acids is 1. The van der Waals surface area contributed by atoms with Crippen LogP contribution in [0, 0.1) is 17.5 Å². The lowest BCUT2D eigenvalue weighted by molar-refractivity contribution is 0.0804. The molecule has 3 aromatic rings. The van der Waals surface area contributed by atoms with E-state index < -0.39 is 31.1 Å². The van der Waals surface area contributed by atoms with Crippen molar-refractivity contribution in [1.29, 1.82) is 0 Å². The normalized spacial score (nSPS) is 12.0. The zero-order valence-electron chi connectivity index (χ0n) is 18.1. The van der Waals surface area contributed by atoms with Crippen molar-refractivity contribution in [1.82, 2.24) is 9.78 Å². The summed E-state index contributed by atoms with van der Waals surface area (Å²) in [4.78, 5) is 12.4. The first-order chi connectivity index (χ1) is 14.5. The van der Waals surface area contributed by atoms with Gasteiger partial charge in [-0.2, -0.15) is 5.10 Å². The maximum atomic E-state index is 15.6. The zero-order chi connectivity index (χ0) is 22.9. The Morgan fingerprint density at radius 2 is 1.84 bits per heavy atom. The molecule has 2 N–H and O–H groups in total. The monoisotopic (exact) mass is 449 g/mol. The summed E-state index contributed by atoms with van der Waals surface area (Å²) in [5.41, 5.74) is 4.47. The smallest absolute Gasteiger partial charge is 0.183 e. The van der Waals surface area contributed by atoms with E-state index >= 15 is 4.39 Å². The van der Waals surface area contributed by atoms with Crippen molar-refractivity contribution in [2.75, 3.05) is 12.3 Å². The first-order valence-corrected chi connectivity index (χ1v) is 13.8. The van der Waals surface area contributed by atoms with Gasteiger partial charge < -0.3 is 10.5 Å². The number of nitrogen functional groups attached to an aromatic ring is 1. The maximum Gasteiger partial charge on any atom is 0.183 e. The molecule has 0 spiro atoms. The molecule has 0 amide bonds. The highest BCUT2D eigenvalue weighted by atomic mass is 28.3. The number of rotatable bonds is 8. The third-order valence-electron chi connectivity index (χ3n) is 5.04. The Hall–Kier alpha value is -2.65. The number of fused-ring (bicyclic) bond motifs is 1. The van der Waals surface area contributed by atoms with Gasteiger partial charge in [0, 0.05) is 32.1 Å². The van der Waals surface area contributed by atoms with Gasteiger partial charge in [-0.1, -0.05) is 32.6 Å². The van der Waals surface area contributed by atoms with Crippen LogP contribution >= 0.6 is 0 Å². The molecule has 0 saturated heterocycles. The van der Waals surface area contributed by atoms with E-state index in [-0.39, 0.29) is 46.8 Å². The van der Waals surface area contributed by atoms with Crippen molar-refractivity contribution < 1.29 is 22.7 Å². The van der Waals surface area contributed by atoms with Gasteiger partial charge in [-0.15, -0.1) is 0 Å². The van der Waals surface area contributed by atoms with Gasteiger partial charge in [-0.05, 0) is 24.2 Å². The highest BCUT2D eigenvalue weighted by molar-refractivity contribution is 6.76. The van der Waals surface area contributed by atoms with Gasteiger partial charge >= 0.3 is 0 Å². The molecule has 0 fully saturated rings. The van der Waals surface area contributed by atoms with E-state index in [1.54, 1.807) is 6.92 Å². The Morgan fingerprint density at radius 3 is 2.48 bits per heavy atom. The molecule has 9 heteroatoms. The number of hydrogen-bond donors (Lipinski definition) is 1. The highest BCUT2D eigenvalue weighted by Crippen LogP contribution is 2.35. The Morgan fingerprint density at radius 1 is 1.13 bits per heavy atom. The predicted octanol–water partition coefficient (Wildman–Crippen LogP) is 5.61. The summed E-state index contributed by atoms with van der Waals surface area (Å²) >= 11 is 0. The third-order valence-corrected chi connectivity index (χ3v) is 6.74. The van der Waals surface area contributed by atoms with E-state index in [1.165, 1.54) is 16.8 Å². The number of aromatic nitrogens is 2. The molecule has 166 valence electrons. The average Bonchev–Trinajstić information content (AvgIpc) is 3.08. The molecule has 5 nitrogen and oxygen atoms in total. The standard InChI is InChI=1S/C22H26F3N3O2Si/c1-5-17(29)21-14-7-6-13(18-15(23)8-9-16(26)20(18)25)19(24)22(14)28(27-21)12-30-10-11-31(2,3)4/h6-9H,5,10-12,26H2,1-4H3. The van der Waals surface area contributed by atoms with Crippen molar-refractivity contribution >= 4 is 30.4 Å². The van der Waals surface area contributed by atoms with Crippen molar-refractivity contribution in [3.63, 3.8) is 0 Å². The summed E-state index contributed by atoms with van der Waals surface area (Å²) in [6, 6.07) is 5.66. The molecule has 1 heterocycles. The Labute approximate surface area is 180 Å². The molecule has 0 saturated carbocycles. The average molecular weight is 450 g/mol. The first kappa shape index (κ1) is 23.0. The van der Waals surface area contributed by atoms with E-state index in [1.807, 2.05) is 0 Å². The third kappa shape index (κ3) is 4.67. The van der Waals surface area contributed by atoms with Gasteiger partial charge in [0.25, 0.3) is 0 Å². The van der Waals surface area contributed by atoms with Crippen molar-refractivity contribution in [2.24, 2.45) is 0 Å². The summed E-state index contributed by atoms with van der Waals surface area (Å²) in [6.45, 7) is 8.68. The molecule has 0 aliphatic carbocycles. The highest BCUT2D eigenvalue weighted by Gasteiger charge is 2.25. The lowest BCUT2D eigenvalue weighted by Gasteiger charge is -2.15. The SMILES string of the molecule is CCC(=O)c1nn(COCC[Si](C)(C)C)c2c(F)c(-c3c(F)ccc(N)c3F)ccc12. The Bertz CT molecular complexity index is 1140. The molecule has 1 aromatic heterocycles. The van der Waals surface area contributed by atoms with Crippen molar-refractivity contribution in [3.8, 4) is 11.1 Å². The molecule has 0 aliphatic heterocycles. The van der Waals surface area contributed by atoms with Crippen molar-refractivity contribution in [3.05, 3.63) is 47.4 Å². The molecule has 0 atom stereocenters. The van der Waals surface area contributed by atoms with Gasteiger partial charge in [0.05, 0.1) is 11.3 Å². The van der Waals surface area contributed by atoms with Crippen LogP contribution in [-0.2, 0) is 11.5 Å². The molecule has 3 rings (SSSR count). The Balaban J connectivity index is 2.12. The second-order valence-corrected chi connectivity index (χ2v) is 14.2. The number of hydrogen-bond acceptors (Lipinski definition) is 4. The number of halogens is 3. The minimum Gasteiger partial charge on any atom is -0.396 e. The van der Waals surface area contributed by atoms with Crippen LogP contribution in [0.15, 0.2) is 24.3 Å². The van der Waals surface area contributed by atoms with Gasteiger partial charge in [0.1, 0.15) is 23.8 Å². The fourth-order valence-electron chi connectivity index (χ4n) is 3.24. The molecule has 0 aliphatic rings. The Kier molecular flexibility index (Phi) is 6.56. The fraction of sp³-hybridized carbons (Fsp3) is 0.364. The number of nitrogens with zero attached hydrogens (tertiary/aromatic N) is 2. The number of ether oxygens (including phenoxy) is 1. The van der Waals surface area contributed by atoms with Crippen LogP contribution < -0.4 is 5.73 Å². The van der Waals surface area contributed by atoms with E-state index in [0.717, 1.165) is 18.2 Å². The topological polar surface area (TPSA) is 70.1 Å². The summed E-state index contributed by atoms with van der Waals surface area (Å²) in [6.07, 6.45) is 0.185. The van der Waals surface area contributed by atoms with Crippen LogP contribution in [0.5, 0.6) is 0 Å². The van der Waals surface area contributed by atoms with Crippen LogP contribution in [-0.4, -0.2) is 30.2 Å². The van der Waals surface area contributed by atoms with Gasteiger partial charge in [0.2, 0.25) is 0 Å². The van der Waals surface area contributed by atoms with Crippen molar-refractivity contribution in [2.45, 2.75) is 45.8 Å². The minimum atomic E-state index is -1.33. The molecule has 2 aromatic carbocycles. The zero-order valence-corrected chi connectivity index (χ0v) is 19.1. The van der Waals surface area contributed by atoms with Gasteiger partial charge in [-0.3, -0.25) is 4.79 Å². The lowest BCUT2D eigenvalue weighted by atomic mass is 10.00. The van der Waals surface area contributed by atoms with E-state index in [2.05, 4.69) is 24.7 Å². The summed E-state index contributed by atoms with van der Waals surface area (Å²) in [5.74, 6) is -3.13. The van der Waals surface area contributed by atoms with Crippen LogP contribution in [0.4, 0.5) is 18.9 Å². The molecule has 0 radical (unpaired) electrons. The number of carbonyl (C=O) groups is 1. The number of benzene rings is 2. The molecular weight excluding hydrogens is 423 g/mol. The summed E-state index contributed by atoms with van der Waals surface area (Å²) in [5, 5.41) is 4.52. The predicted molar refractivity (Wildman–Crippen MR) is 118 cm³/mol. The second kappa shape index (κ2) is 8.84. The number of ketones is 1. The van der Waals surface area contributed by atoms with E-state index in [0.29, 0.717) is 6.61 Å². The van der Waals surface area contributed by atoms with Crippen LogP contribution in [0.25, 0.3) is 22.0 Å². The van der Waals surface area contributed by atoms with Crippen LogP contribution in [0.3, 0.4) is 0 Å². The number of anilines is 1. The van der Waals surface area contributed by atoms with Crippen LogP contribution in [0.2, 0.25) is 25.7 Å². The first-order valence-electron chi connectivity index (χ1n) is 10.1. The summed E-state index contributed by atoms with van der Waals surface area (Å²) < 4.78 is 51.5. The summed E-state index contributed by atoms with van der Waals surface area (Å²) in [7, 11) is -1.33. The largest absolute Gasteiger partial charge is 0.396 e. The maximum absolute atomic E-state index is 15.6. The quantitative estimate of drug-likeness (QED) is 0.210. The number of nitrogens with two attached hydrogens (primary N) is 1. The van der Waals surface area contributed by atoms with E-state index in [9.17, 15) is 13.6 Å². The van der Waals surface area contributed by atoms with Crippen LogP contribution in [0.1, 0.15) is 23.8 Å². The minimum absolute atomic E-state index is 0.0384. The molecular formula is C22H26F3N3O2Si. The second-order valence-electron chi connectivity index (χ2n) is 8.62. The lowest BCUT2D eigenvalue weighted by Crippen LogP contribution is -2.22. The van der Waals surface area contributed by atoms with E-state index in [4.69, 9.17) is 10.5 Å².